The monoisotopic (exact) mass is 585 g/mol. The molecule has 3 fully saturated rings. The van der Waals surface area contributed by atoms with Gasteiger partial charge in [0, 0.05) is 30.2 Å². The van der Waals surface area contributed by atoms with E-state index >= 15 is 0 Å². The standard InChI is InChI=1S/C28H32BrN3O6/c1-2-37-19-11-9-18(10-12-19)31-25(34)21-22-27(36)32(13-6-14-33)24(28(22)15-20(29)23(21)38-28)26(35)30-16-17-7-4-3-5-8-17/h3-5,7-12,20-24,33H,2,6,13-16H2,1H3,(H,30,35)(H,31,34)/t20?,21-,22-,23-,24?,28?/m0/s1. The van der Waals surface area contributed by atoms with Gasteiger partial charge in [0.15, 0.2) is 0 Å². The van der Waals surface area contributed by atoms with Gasteiger partial charge < -0.3 is 30.1 Å². The summed E-state index contributed by atoms with van der Waals surface area (Å²) < 4.78 is 11.9. The fourth-order valence-electron chi connectivity index (χ4n) is 6.12. The molecule has 2 bridgehead atoms. The van der Waals surface area contributed by atoms with Gasteiger partial charge in [-0.3, -0.25) is 14.4 Å². The predicted molar refractivity (Wildman–Crippen MR) is 144 cm³/mol. The first-order chi connectivity index (χ1) is 18.4. The van der Waals surface area contributed by atoms with Gasteiger partial charge in [0.1, 0.15) is 17.4 Å². The molecule has 0 saturated carbocycles. The van der Waals surface area contributed by atoms with Crippen molar-refractivity contribution in [2.24, 2.45) is 11.8 Å². The first kappa shape index (κ1) is 26.6. The molecule has 3 aliphatic heterocycles. The molecule has 5 rings (SSSR count). The molecule has 2 aromatic rings. The average Bonchev–Trinajstić information content (AvgIpc) is 3.51. The largest absolute Gasteiger partial charge is 0.494 e. The molecule has 6 atom stereocenters. The lowest BCUT2D eigenvalue weighted by molar-refractivity contribution is -0.141. The normalized spacial score (nSPS) is 29.3. The number of hydrogen-bond donors (Lipinski definition) is 3. The molecular formula is C28H32BrN3O6. The highest BCUT2D eigenvalue weighted by Gasteiger charge is 2.76. The number of benzene rings is 2. The van der Waals surface area contributed by atoms with Gasteiger partial charge in [-0.05, 0) is 49.6 Å². The average molecular weight is 586 g/mol. The fourth-order valence-corrected chi connectivity index (χ4v) is 7.06. The number of hydrogen-bond acceptors (Lipinski definition) is 6. The van der Waals surface area contributed by atoms with E-state index in [9.17, 15) is 19.5 Å². The van der Waals surface area contributed by atoms with Crippen LogP contribution in [0.15, 0.2) is 54.6 Å². The predicted octanol–water partition coefficient (Wildman–Crippen LogP) is 2.47. The summed E-state index contributed by atoms with van der Waals surface area (Å²) in [7, 11) is 0. The molecule has 202 valence electrons. The summed E-state index contributed by atoms with van der Waals surface area (Å²) >= 11 is 3.67. The van der Waals surface area contributed by atoms with Crippen molar-refractivity contribution in [1.82, 2.24) is 10.2 Å². The number of anilines is 1. The minimum Gasteiger partial charge on any atom is -0.494 e. The van der Waals surface area contributed by atoms with Crippen LogP contribution < -0.4 is 15.4 Å². The third-order valence-corrected chi connectivity index (χ3v) is 8.48. The van der Waals surface area contributed by atoms with Crippen LogP contribution in [-0.4, -0.2) is 70.1 Å². The Labute approximate surface area is 230 Å². The quantitative estimate of drug-likeness (QED) is 0.369. The van der Waals surface area contributed by atoms with Crippen LogP contribution in [0.4, 0.5) is 5.69 Å². The molecule has 38 heavy (non-hydrogen) atoms. The van der Waals surface area contributed by atoms with E-state index in [1.54, 1.807) is 24.3 Å². The summed E-state index contributed by atoms with van der Waals surface area (Å²) in [6.45, 7) is 2.83. The van der Waals surface area contributed by atoms with Gasteiger partial charge in [0.05, 0.1) is 24.5 Å². The van der Waals surface area contributed by atoms with Crippen LogP contribution in [0, 0.1) is 11.8 Å². The molecule has 3 saturated heterocycles. The number of ether oxygens (including phenoxy) is 2. The van der Waals surface area contributed by atoms with Crippen LogP contribution in [0.1, 0.15) is 25.3 Å². The van der Waals surface area contributed by atoms with Crippen molar-refractivity contribution in [1.29, 1.82) is 0 Å². The van der Waals surface area contributed by atoms with Crippen LogP contribution >= 0.6 is 15.9 Å². The number of aliphatic hydroxyl groups is 1. The Bertz CT molecular complexity index is 1180. The maximum Gasteiger partial charge on any atom is 0.246 e. The Morgan fingerprint density at radius 3 is 2.58 bits per heavy atom. The summed E-state index contributed by atoms with van der Waals surface area (Å²) in [5.74, 6) is -1.80. The summed E-state index contributed by atoms with van der Waals surface area (Å²) in [5.41, 5.74) is 0.386. The number of carbonyl (C=O) groups is 3. The van der Waals surface area contributed by atoms with Crippen molar-refractivity contribution in [2.45, 2.75) is 48.9 Å². The van der Waals surface area contributed by atoms with Crippen LogP contribution in [0.25, 0.3) is 0 Å². The molecule has 3 unspecified atom stereocenters. The second-order valence-corrected chi connectivity index (χ2v) is 11.1. The van der Waals surface area contributed by atoms with Crippen LogP contribution in [0.5, 0.6) is 5.75 Å². The number of carbonyl (C=O) groups excluding carboxylic acids is 3. The van der Waals surface area contributed by atoms with Crippen molar-refractivity contribution < 1.29 is 29.0 Å². The molecule has 3 heterocycles. The number of amides is 3. The van der Waals surface area contributed by atoms with Crippen molar-refractivity contribution in [2.75, 3.05) is 25.1 Å². The number of nitrogens with zero attached hydrogens (tertiary/aromatic N) is 1. The van der Waals surface area contributed by atoms with Gasteiger partial charge in [-0.25, -0.2) is 0 Å². The fraction of sp³-hybridized carbons (Fsp3) is 0.464. The van der Waals surface area contributed by atoms with E-state index in [-0.39, 0.29) is 35.7 Å². The van der Waals surface area contributed by atoms with Crippen molar-refractivity contribution in [3.63, 3.8) is 0 Å². The van der Waals surface area contributed by atoms with Gasteiger partial charge in [-0.1, -0.05) is 46.3 Å². The lowest BCUT2D eigenvalue weighted by atomic mass is 9.70. The molecule has 3 aliphatic rings. The highest BCUT2D eigenvalue weighted by molar-refractivity contribution is 9.09. The number of halogens is 1. The van der Waals surface area contributed by atoms with Gasteiger partial charge in [-0.15, -0.1) is 0 Å². The Hall–Kier alpha value is -2.95. The summed E-state index contributed by atoms with van der Waals surface area (Å²) in [6, 6.07) is 15.7. The van der Waals surface area contributed by atoms with Crippen molar-refractivity contribution >= 4 is 39.3 Å². The van der Waals surface area contributed by atoms with Crippen LogP contribution in [-0.2, 0) is 25.7 Å². The zero-order chi connectivity index (χ0) is 26.9. The molecule has 10 heteroatoms. The first-order valence-electron chi connectivity index (χ1n) is 13.0. The zero-order valence-electron chi connectivity index (χ0n) is 21.1. The van der Waals surface area contributed by atoms with Crippen LogP contribution in [0.3, 0.4) is 0 Å². The molecule has 3 N–H and O–H groups in total. The SMILES string of the molecule is CCOc1ccc(NC(=O)[C@H]2[C@H]3C(=O)N(CCCO)C(C(=O)NCc4ccccc4)C34CC(Br)[C@@H]2O4)cc1. The minimum atomic E-state index is -1.13. The van der Waals surface area contributed by atoms with E-state index in [2.05, 4.69) is 26.6 Å². The molecular weight excluding hydrogens is 554 g/mol. The molecule has 9 nitrogen and oxygen atoms in total. The topological polar surface area (TPSA) is 117 Å². The van der Waals surface area contributed by atoms with Gasteiger partial charge >= 0.3 is 0 Å². The van der Waals surface area contributed by atoms with E-state index in [4.69, 9.17) is 9.47 Å². The number of fused-ring (bicyclic) bond motifs is 1. The lowest BCUT2D eigenvalue weighted by Gasteiger charge is -2.34. The maximum absolute atomic E-state index is 13.8. The van der Waals surface area contributed by atoms with Gasteiger partial charge in [0.2, 0.25) is 17.7 Å². The minimum absolute atomic E-state index is 0.119. The lowest BCUT2D eigenvalue weighted by Crippen LogP contribution is -2.55. The number of rotatable bonds is 10. The number of aliphatic hydroxyl groups excluding tert-OH is 1. The second kappa shape index (κ2) is 11.0. The van der Waals surface area contributed by atoms with Gasteiger partial charge in [-0.2, -0.15) is 0 Å². The Balaban J connectivity index is 1.40. The van der Waals surface area contributed by atoms with E-state index < -0.39 is 29.6 Å². The van der Waals surface area contributed by atoms with Crippen LogP contribution in [0.2, 0.25) is 0 Å². The molecule has 1 spiro atoms. The smallest absolute Gasteiger partial charge is 0.246 e. The summed E-state index contributed by atoms with van der Waals surface area (Å²) in [6.07, 6.45) is 0.206. The maximum atomic E-state index is 13.8. The first-order valence-corrected chi connectivity index (χ1v) is 13.9. The third kappa shape index (κ3) is 4.69. The number of likely N-dealkylation sites (tertiary alicyclic amines) is 1. The third-order valence-electron chi connectivity index (χ3n) is 7.64. The van der Waals surface area contributed by atoms with Crippen molar-refractivity contribution in [3.8, 4) is 5.75 Å². The number of alkyl halides is 1. The molecule has 0 radical (unpaired) electrons. The molecule has 0 aliphatic carbocycles. The Morgan fingerprint density at radius 2 is 1.89 bits per heavy atom. The Morgan fingerprint density at radius 1 is 1.16 bits per heavy atom. The molecule has 2 aromatic carbocycles. The van der Waals surface area contributed by atoms with E-state index in [1.165, 1.54) is 4.90 Å². The van der Waals surface area contributed by atoms with Crippen molar-refractivity contribution in [3.05, 3.63) is 60.2 Å². The summed E-state index contributed by atoms with van der Waals surface area (Å²) in [5, 5.41) is 15.4. The number of nitrogens with one attached hydrogen (secondary N) is 2. The Kier molecular flexibility index (Phi) is 7.74. The highest BCUT2D eigenvalue weighted by atomic mass is 79.9. The molecule has 3 amide bonds. The molecule has 0 aromatic heterocycles. The summed E-state index contributed by atoms with van der Waals surface area (Å²) in [4.78, 5) is 42.4. The van der Waals surface area contributed by atoms with E-state index in [0.29, 0.717) is 37.4 Å². The highest BCUT2D eigenvalue weighted by Crippen LogP contribution is 2.60. The zero-order valence-corrected chi connectivity index (χ0v) is 22.7. The second-order valence-electron chi connectivity index (χ2n) is 9.92. The van der Waals surface area contributed by atoms with E-state index in [1.807, 2.05) is 37.3 Å². The van der Waals surface area contributed by atoms with E-state index in [0.717, 1.165) is 5.56 Å². The van der Waals surface area contributed by atoms with Gasteiger partial charge in [0.25, 0.3) is 0 Å².